The van der Waals surface area contributed by atoms with E-state index in [4.69, 9.17) is 24.5 Å². The number of morpholine rings is 1. The van der Waals surface area contributed by atoms with Crippen LogP contribution in [-0.4, -0.2) is 83.2 Å². The molecule has 2 N–H and O–H groups in total. The fraction of sp³-hybridized carbons (Fsp3) is 0.667. The van der Waals surface area contributed by atoms with Gasteiger partial charge in [0.2, 0.25) is 11.8 Å². The molecule has 2 aliphatic heterocycles. The first-order valence-corrected chi connectivity index (χ1v) is 6.51. The molecule has 0 aliphatic carbocycles. The molecule has 0 aromatic heterocycles. The van der Waals surface area contributed by atoms with Gasteiger partial charge >= 0.3 is 11.9 Å². The van der Waals surface area contributed by atoms with Gasteiger partial charge in [0.15, 0.2) is 0 Å². The topological polar surface area (TPSA) is 124 Å². The first-order chi connectivity index (χ1) is 9.91. The summed E-state index contributed by atoms with van der Waals surface area (Å²) in [6, 6.07) is 0. The van der Waals surface area contributed by atoms with E-state index >= 15 is 0 Å². The molecule has 2 fully saturated rings. The van der Waals surface area contributed by atoms with Crippen LogP contribution in [0.4, 0.5) is 0 Å². The highest BCUT2D eigenvalue weighted by Crippen LogP contribution is 2.10. The predicted molar refractivity (Wildman–Crippen MR) is 68.5 cm³/mol. The number of amides is 2. The molecule has 0 unspecified atom stereocenters. The van der Waals surface area contributed by atoms with E-state index in [-0.39, 0.29) is 11.8 Å². The lowest BCUT2D eigenvalue weighted by Crippen LogP contribution is -2.45. The van der Waals surface area contributed by atoms with Gasteiger partial charge in [-0.2, -0.15) is 0 Å². The third-order valence-electron chi connectivity index (χ3n) is 3.02. The fourth-order valence-electron chi connectivity index (χ4n) is 1.95. The van der Waals surface area contributed by atoms with E-state index in [1.807, 2.05) is 4.90 Å². The Bertz CT molecular complexity index is 406. The second-order valence-corrected chi connectivity index (χ2v) is 4.54. The molecule has 2 aliphatic rings. The molecule has 2 heterocycles. The van der Waals surface area contributed by atoms with Crippen LogP contribution in [-0.2, 0) is 23.9 Å². The van der Waals surface area contributed by atoms with E-state index in [9.17, 15) is 9.59 Å². The molecule has 118 valence electrons. The van der Waals surface area contributed by atoms with Crippen molar-refractivity contribution in [3.63, 3.8) is 0 Å². The van der Waals surface area contributed by atoms with Crippen LogP contribution in [0.5, 0.6) is 0 Å². The van der Waals surface area contributed by atoms with Gasteiger partial charge in [0.05, 0.1) is 19.8 Å². The zero-order valence-corrected chi connectivity index (χ0v) is 11.5. The molecule has 0 atom stereocenters. The van der Waals surface area contributed by atoms with Crippen LogP contribution in [0.2, 0.25) is 0 Å². The average molecular weight is 302 g/mol. The molecule has 0 aromatic rings. The standard InChI is InChI=1S/C10H16N2O3.C2H2O4/c13-9-2-1-3-12(9)10(14)8-11-4-6-15-7-5-11;3-1(4)2(5)6/h1-8H2;(H,3,4)(H,5,6). The van der Waals surface area contributed by atoms with E-state index < -0.39 is 11.9 Å². The number of hydrogen-bond acceptors (Lipinski definition) is 6. The van der Waals surface area contributed by atoms with Crippen molar-refractivity contribution in [2.24, 2.45) is 0 Å². The van der Waals surface area contributed by atoms with Crippen molar-refractivity contribution in [1.29, 1.82) is 0 Å². The summed E-state index contributed by atoms with van der Waals surface area (Å²) >= 11 is 0. The first-order valence-electron chi connectivity index (χ1n) is 6.51. The summed E-state index contributed by atoms with van der Waals surface area (Å²) in [7, 11) is 0. The Morgan fingerprint density at radius 1 is 1.05 bits per heavy atom. The molecular weight excluding hydrogens is 284 g/mol. The maximum atomic E-state index is 11.7. The van der Waals surface area contributed by atoms with Crippen molar-refractivity contribution < 1.29 is 34.1 Å². The summed E-state index contributed by atoms with van der Waals surface area (Å²) < 4.78 is 5.19. The lowest BCUT2D eigenvalue weighted by Gasteiger charge is -2.27. The van der Waals surface area contributed by atoms with E-state index in [2.05, 4.69) is 0 Å². The molecule has 0 bridgehead atoms. The van der Waals surface area contributed by atoms with Crippen LogP contribution in [0, 0.1) is 0 Å². The van der Waals surface area contributed by atoms with Crippen molar-refractivity contribution in [2.45, 2.75) is 12.8 Å². The molecule has 0 saturated carbocycles. The van der Waals surface area contributed by atoms with Gasteiger partial charge in [-0.25, -0.2) is 9.59 Å². The van der Waals surface area contributed by atoms with Crippen molar-refractivity contribution in [3.8, 4) is 0 Å². The van der Waals surface area contributed by atoms with Gasteiger partial charge in [-0.05, 0) is 6.42 Å². The van der Waals surface area contributed by atoms with E-state index in [1.165, 1.54) is 4.90 Å². The Kier molecular flexibility index (Phi) is 6.76. The second-order valence-electron chi connectivity index (χ2n) is 4.54. The molecule has 2 saturated heterocycles. The maximum absolute atomic E-state index is 11.7. The van der Waals surface area contributed by atoms with E-state index in [0.29, 0.717) is 32.7 Å². The van der Waals surface area contributed by atoms with E-state index in [0.717, 1.165) is 19.5 Å². The summed E-state index contributed by atoms with van der Waals surface area (Å²) in [5.41, 5.74) is 0. The highest BCUT2D eigenvalue weighted by atomic mass is 16.5. The van der Waals surface area contributed by atoms with Gasteiger partial charge < -0.3 is 14.9 Å². The third-order valence-corrected chi connectivity index (χ3v) is 3.02. The Morgan fingerprint density at radius 3 is 2.05 bits per heavy atom. The number of likely N-dealkylation sites (tertiary alicyclic amines) is 1. The van der Waals surface area contributed by atoms with Crippen molar-refractivity contribution in [2.75, 3.05) is 39.4 Å². The molecule has 0 spiro atoms. The van der Waals surface area contributed by atoms with Gasteiger partial charge in [0, 0.05) is 26.1 Å². The highest BCUT2D eigenvalue weighted by molar-refractivity contribution is 6.27. The van der Waals surface area contributed by atoms with Gasteiger partial charge in [0.25, 0.3) is 0 Å². The largest absolute Gasteiger partial charge is 0.473 e. The molecule has 2 amide bonds. The Balaban J connectivity index is 0.000000315. The number of carbonyl (C=O) groups excluding carboxylic acids is 2. The Hall–Kier alpha value is -2.00. The summed E-state index contributed by atoms with van der Waals surface area (Å²) in [6.07, 6.45) is 1.34. The third kappa shape index (κ3) is 5.88. The van der Waals surface area contributed by atoms with Gasteiger partial charge in [-0.15, -0.1) is 0 Å². The van der Waals surface area contributed by atoms with Crippen molar-refractivity contribution in [3.05, 3.63) is 0 Å². The number of imide groups is 1. The second kappa shape index (κ2) is 8.32. The molecule has 9 nitrogen and oxygen atoms in total. The number of carboxylic acid groups (broad SMARTS) is 2. The van der Waals surface area contributed by atoms with Crippen molar-refractivity contribution >= 4 is 23.8 Å². The summed E-state index contributed by atoms with van der Waals surface area (Å²) in [5, 5.41) is 14.8. The highest BCUT2D eigenvalue weighted by Gasteiger charge is 2.27. The zero-order valence-electron chi connectivity index (χ0n) is 11.5. The molecule has 9 heteroatoms. The normalized spacial score (nSPS) is 18.9. The minimum absolute atomic E-state index is 0.0201. The first kappa shape index (κ1) is 17.1. The number of carbonyl (C=O) groups is 4. The zero-order chi connectivity index (χ0) is 15.8. The quantitative estimate of drug-likeness (QED) is 0.598. The number of rotatable bonds is 2. The average Bonchev–Trinajstić information content (AvgIpc) is 2.87. The monoisotopic (exact) mass is 302 g/mol. The van der Waals surface area contributed by atoms with Gasteiger partial charge in [-0.3, -0.25) is 19.4 Å². The lowest BCUT2D eigenvalue weighted by atomic mass is 10.4. The van der Waals surface area contributed by atoms with Gasteiger partial charge in [0.1, 0.15) is 0 Å². The summed E-state index contributed by atoms with van der Waals surface area (Å²) in [4.78, 5) is 44.7. The minimum atomic E-state index is -1.82. The van der Waals surface area contributed by atoms with Crippen LogP contribution in [0.15, 0.2) is 0 Å². The molecule has 0 radical (unpaired) electrons. The molecule has 2 rings (SSSR count). The van der Waals surface area contributed by atoms with E-state index in [1.54, 1.807) is 0 Å². The predicted octanol–water partition coefficient (Wildman–Crippen LogP) is -1.38. The number of nitrogens with zero attached hydrogens (tertiary/aromatic N) is 2. The Labute approximate surface area is 121 Å². The number of ether oxygens (including phenoxy) is 1. The Morgan fingerprint density at radius 2 is 1.62 bits per heavy atom. The summed E-state index contributed by atoms with van der Waals surface area (Å²) in [5.74, 6) is -3.72. The number of aliphatic carboxylic acids is 2. The van der Waals surface area contributed by atoms with Crippen LogP contribution in [0.25, 0.3) is 0 Å². The molecular formula is C12H18N2O7. The van der Waals surface area contributed by atoms with Crippen LogP contribution in [0.1, 0.15) is 12.8 Å². The molecule has 0 aromatic carbocycles. The lowest BCUT2D eigenvalue weighted by molar-refractivity contribution is -0.159. The van der Waals surface area contributed by atoms with Gasteiger partial charge in [-0.1, -0.05) is 0 Å². The van der Waals surface area contributed by atoms with Crippen LogP contribution in [0.3, 0.4) is 0 Å². The smallest absolute Gasteiger partial charge is 0.414 e. The van der Waals surface area contributed by atoms with Crippen molar-refractivity contribution in [1.82, 2.24) is 9.80 Å². The maximum Gasteiger partial charge on any atom is 0.414 e. The van der Waals surface area contributed by atoms with Crippen LogP contribution < -0.4 is 0 Å². The SMILES string of the molecule is O=C(O)C(=O)O.O=C1CCCN1C(=O)CN1CCOCC1. The molecule has 21 heavy (non-hydrogen) atoms. The summed E-state index contributed by atoms with van der Waals surface area (Å²) in [6.45, 7) is 3.89. The number of hydrogen-bond donors (Lipinski definition) is 2. The number of carboxylic acids is 2. The minimum Gasteiger partial charge on any atom is -0.473 e. The fourth-order valence-corrected chi connectivity index (χ4v) is 1.95. The van der Waals surface area contributed by atoms with Crippen LogP contribution >= 0.6 is 0 Å².